The first-order valence-corrected chi connectivity index (χ1v) is 9.05. The number of carbonyl (C=O) groups is 3. The molecular formula is C18H18N2O3S. The molecule has 3 amide bonds. The lowest BCUT2D eigenvalue weighted by molar-refractivity contribution is -0.151. The van der Waals surface area contributed by atoms with Crippen LogP contribution in [0.1, 0.15) is 17.7 Å². The third-order valence-electron chi connectivity index (χ3n) is 5.01. The highest BCUT2D eigenvalue weighted by Crippen LogP contribution is 2.37. The first-order valence-electron chi connectivity index (χ1n) is 8.17. The van der Waals surface area contributed by atoms with Crippen LogP contribution >= 0.6 is 11.3 Å². The molecule has 0 aromatic carbocycles. The van der Waals surface area contributed by atoms with Gasteiger partial charge in [-0.2, -0.15) is 0 Å². The summed E-state index contributed by atoms with van der Waals surface area (Å²) in [6.07, 6.45) is 8.64. The van der Waals surface area contributed by atoms with Gasteiger partial charge in [0.2, 0.25) is 17.7 Å². The maximum atomic E-state index is 12.5. The van der Waals surface area contributed by atoms with E-state index in [4.69, 9.17) is 0 Å². The van der Waals surface area contributed by atoms with Crippen molar-refractivity contribution in [3.05, 3.63) is 40.6 Å². The molecule has 4 rings (SSSR count). The summed E-state index contributed by atoms with van der Waals surface area (Å²) in [5, 5.41) is 1.96. The van der Waals surface area contributed by atoms with Gasteiger partial charge in [-0.1, -0.05) is 18.2 Å². The molecule has 5 nitrogen and oxygen atoms in total. The van der Waals surface area contributed by atoms with Crippen LogP contribution in [0, 0.1) is 11.8 Å². The number of likely N-dealkylation sites (tertiary alicyclic amines) is 2. The molecule has 0 N–H and O–H groups in total. The van der Waals surface area contributed by atoms with Crippen molar-refractivity contribution in [3.63, 3.8) is 0 Å². The Bertz CT molecular complexity index is 705. The fourth-order valence-electron chi connectivity index (χ4n) is 3.63. The van der Waals surface area contributed by atoms with Crippen LogP contribution in [-0.2, 0) is 14.4 Å². The molecule has 124 valence electrons. The van der Waals surface area contributed by atoms with Gasteiger partial charge in [-0.05, 0) is 30.4 Å². The van der Waals surface area contributed by atoms with Crippen molar-refractivity contribution >= 4 is 35.1 Å². The second-order valence-electron chi connectivity index (χ2n) is 6.45. The van der Waals surface area contributed by atoms with Crippen LogP contribution in [0.15, 0.2) is 35.7 Å². The smallest absolute Gasteiger partial charge is 0.246 e. The first kappa shape index (κ1) is 15.3. The summed E-state index contributed by atoms with van der Waals surface area (Å²) in [5.74, 6) is -0.559. The molecule has 2 fully saturated rings. The van der Waals surface area contributed by atoms with Gasteiger partial charge in [0.1, 0.15) is 0 Å². The molecule has 0 spiro atoms. The number of nitrogens with zero attached hydrogens (tertiary/aromatic N) is 2. The van der Waals surface area contributed by atoms with Crippen LogP contribution in [0.3, 0.4) is 0 Å². The third kappa shape index (κ3) is 2.51. The maximum Gasteiger partial charge on any atom is 0.246 e. The van der Waals surface area contributed by atoms with Gasteiger partial charge in [-0.25, -0.2) is 0 Å². The average molecular weight is 342 g/mol. The van der Waals surface area contributed by atoms with E-state index in [1.54, 1.807) is 28.4 Å². The number of hydrogen-bond donors (Lipinski definition) is 0. The summed E-state index contributed by atoms with van der Waals surface area (Å²) in [7, 11) is 0. The molecule has 0 saturated carbocycles. The van der Waals surface area contributed by atoms with E-state index in [0.717, 1.165) is 4.88 Å². The standard InChI is InChI=1S/C18H18N2O3S/c21-16(8-7-13-4-3-9-24-13)19-10-12(11-19)20-17(22)14-5-1-2-6-15(14)18(20)23/h1-4,7-9,12,14-15H,5-6,10-11H2/b8-7+/t14-,15-/m0/s1. The molecule has 3 heterocycles. The van der Waals surface area contributed by atoms with E-state index in [9.17, 15) is 14.4 Å². The minimum Gasteiger partial charge on any atom is -0.335 e. The van der Waals surface area contributed by atoms with Gasteiger partial charge in [0, 0.05) is 24.0 Å². The number of rotatable bonds is 3. The number of amides is 3. The average Bonchev–Trinajstić information content (AvgIpc) is 3.15. The Hall–Kier alpha value is -2.21. The van der Waals surface area contributed by atoms with Crippen molar-refractivity contribution in [1.82, 2.24) is 9.80 Å². The topological polar surface area (TPSA) is 57.7 Å². The fourth-order valence-corrected chi connectivity index (χ4v) is 4.25. The Labute approximate surface area is 144 Å². The van der Waals surface area contributed by atoms with Gasteiger partial charge in [-0.15, -0.1) is 11.3 Å². The molecule has 2 saturated heterocycles. The molecule has 1 aliphatic carbocycles. The number of thiophene rings is 1. The van der Waals surface area contributed by atoms with Gasteiger partial charge < -0.3 is 4.90 Å². The molecule has 24 heavy (non-hydrogen) atoms. The lowest BCUT2D eigenvalue weighted by Crippen LogP contribution is -2.62. The van der Waals surface area contributed by atoms with E-state index < -0.39 is 0 Å². The molecule has 1 aromatic rings. The van der Waals surface area contributed by atoms with Crippen LogP contribution in [0.25, 0.3) is 6.08 Å². The van der Waals surface area contributed by atoms with Crippen LogP contribution in [-0.4, -0.2) is 46.7 Å². The van der Waals surface area contributed by atoms with Gasteiger partial charge in [0.25, 0.3) is 0 Å². The Morgan fingerprint density at radius 1 is 1.12 bits per heavy atom. The highest BCUT2D eigenvalue weighted by molar-refractivity contribution is 7.10. The zero-order chi connectivity index (χ0) is 16.7. The minimum absolute atomic E-state index is 0.0550. The predicted molar refractivity (Wildman–Crippen MR) is 90.9 cm³/mol. The first-order chi connectivity index (χ1) is 11.6. The number of hydrogen-bond acceptors (Lipinski definition) is 4. The van der Waals surface area contributed by atoms with E-state index >= 15 is 0 Å². The third-order valence-corrected chi connectivity index (χ3v) is 5.85. The minimum atomic E-state index is -0.189. The highest BCUT2D eigenvalue weighted by Gasteiger charge is 2.52. The number of carbonyl (C=O) groups excluding carboxylic acids is 3. The van der Waals surface area contributed by atoms with E-state index in [2.05, 4.69) is 0 Å². The quantitative estimate of drug-likeness (QED) is 0.479. The van der Waals surface area contributed by atoms with Gasteiger partial charge >= 0.3 is 0 Å². The Kier molecular flexibility index (Phi) is 3.84. The summed E-state index contributed by atoms with van der Waals surface area (Å²) in [6, 6.07) is 3.73. The zero-order valence-corrected chi connectivity index (χ0v) is 13.9. The molecular weight excluding hydrogens is 324 g/mol. The summed E-state index contributed by atoms with van der Waals surface area (Å²) in [5.41, 5.74) is 0. The van der Waals surface area contributed by atoms with Crippen molar-refractivity contribution in [2.75, 3.05) is 13.1 Å². The van der Waals surface area contributed by atoms with E-state index in [1.165, 1.54) is 4.90 Å². The summed E-state index contributed by atoms with van der Waals surface area (Å²) < 4.78 is 0. The summed E-state index contributed by atoms with van der Waals surface area (Å²) in [6.45, 7) is 0.885. The molecule has 1 aromatic heterocycles. The molecule has 0 bridgehead atoms. The van der Waals surface area contributed by atoms with Gasteiger partial charge in [0.05, 0.1) is 17.9 Å². The van der Waals surface area contributed by atoms with Crippen LogP contribution in [0.2, 0.25) is 0 Å². The Morgan fingerprint density at radius 2 is 1.79 bits per heavy atom. The van der Waals surface area contributed by atoms with Crippen molar-refractivity contribution in [3.8, 4) is 0 Å². The molecule has 3 aliphatic rings. The zero-order valence-electron chi connectivity index (χ0n) is 13.1. The largest absolute Gasteiger partial charge is 0.335 e. The molecule has 2 atom stereocenters. The lowest BCUT2D eigenvalue weighted by atomic mass is 9.85. The Balaban J connectivity index is 1.36. The van der Waals surface area contributed by atoms with Crippen LogP contribution in [0.5, 0.6) is 0 Å². The van der Waals surface area contributed by atoms with Crippen LogP contribution < -0.4 is 0 Å². The van der Waals surface area contributed by atoms with E-state index in [-0.39, 0.29) is 35.6 Å². The molecule has 6 heteroatoms. The van der Waals surface area contributed by atoms with Crippen molar-refractivity contribution in [1.29, 1.82) is 0 Å². The van der Waals surface area contributed by atoms with Gasteiger partial charge in [0.15, 0.2) is 0 Å². The maximum absolute atomic E-state index is 12.5. The molecule has 0 radical (unpaired) electrons. The number of allylic oxidation sites excluding steroid dienone is 2. The van der Waals surface area contributed by atoms with Crippen molar-refractivity contribution < 1.29 is 14.4 Å². The normalized spacial score (nSPS) is 27.0. The number of imide groups is 1. The Morgan fingerprint density at radius 3 is 2.38 bits per heavy atom. The van der Waals surface area contributed by atoms with Crippen molar-refractivity contribution in [2.24, 2.45) is 11.8 Å². The second-order valence-corrected chi connectivity index (χ2v) is 7.43. The molecule has 2 aliphatic heterocycles. The van der Waals surface area contributed by atoms with Crippen LogP contribution in [0.4, 0.5) is 0 Å². The monoisotopic (exact) mass is 342 g/mol. The molecule has 0 unspecified atom stereocenters. The van der Waals surface area contributed by atoms with E-state index in [0.29, 0.717) is 25.9 Å². The second kappa shape index (κ2) is 6.02. The SMILES string of the molecule is O=C(/C=C/c1cccs1)N1CC(N2C(=O)[C@H]3CC=CC[C@@H]3C2=O)C1. The van der Waals surface area contributed by atoms with Gasteiger partial charge in [-0.3, -0.25) is 19.3 Å². The van der Waals surface area contributed by atoms with E-state index in [1.807, 2.05) is 29.7 Å². The fraction of sp³-hybridized carbons (Fsp3) is 0.389. The summed E-state index contributed by atoms with van der Waals surface area (Å²) in [4.78, 5) is 41.3. The predicted octanol–water partition coefficient (Wildman–Crippen LogP) is 1.92. The summed E-state index contributed by atoms with van der Waals surface area (Å²) >= 11 is 1.57. The van der Waals surface area contributed by atoms with Crippen molar-refractivity contribution in [2.45, 2.75) is 18.9 Å². The lowest BCUT2D eigenvalue weighted by Gasteiger charge is -2.42. The highest BCUT2D eigenvalue weighted by atomic mass is 32.1. The number of fused-ring (bicyclic) bond motifs is 1.